The molecule has 0 atom stereocenters. The van der Waals surface area contributed by atoms with E-state index in [1.165, 1.54) is 0 Å². The highest BCUT2D eigenvalue weighted by molar-refractivity contribution is 14.0. The highest BCUT2D eigenvalue weighted by atomic mass is 127. The van der Waals surface area contributed by atoms with Crippen LogP contribution in [0.1, 0.15) is 25.0 Å². The molecule has 1 heterocycles. The van der Waals surface area contributed by atoms with Crippen molar-refractivity contribution in [3.63, 3.8) is 0 Å². The largest absolute Gasteiger partial charge is 0.493 e. The molecule has 1 saturated heterocycles. The quantitative estimate of drug-likeness (QED) is 0.261. The molecule has 0 radical (unpaired) electrons. The third-order valence-electron chi connectivity index (χ3n) is 4.75. The Hall–Kier alpha value is -1.97. The lowest BCUT2D eigenvalue weighted by Crippen LogP contribution is -2.53. The molecule has 1 aromatic carbocycles. The van der Waals surface area contributed by atoms with Crippen LogP contribution in [0.5, 0.6) is 11.5 Å². The van der Waals surface area contributed by atoms with Crippen LogP contribution in [-0.2, 0) is 17.8 Å². The van der Waals surface area contributed by atoms with Crippen molar-refractivity contribution in [2.75, 3.05) is 46.9 Å². The Morgan fingerprint density at radius 1 is 1.21 bits per heavy atom. The van der Waals surface area contributed by atoms with Gasteiger partial charge in [-0.1, -0.05) is 6.08 Å². The number of hydrogen-bond acceptors (Lipinski definition) is 4. The number of halogens is 1. The number of amides is 1. The van der Waals surface area contributed by atoms with Crippen molar-refractivity contribution in [2.24, 2.45) is 4.99 Å². The second-order valence-electron chi connectivity index (χ2n) is 6.65. The van der Waals surface area contributed by atoms with Gasteiger partial charge in [-0.05, 0) is 31.0 Å². The van der Waals surface area contributed by atoms with Crippen molar-refractivity contribution in [3.8, 4) is 11.5 Å². The molecule has 0 bridgehead atoms. The summed E-state index contributed by atoms with van der Waals surface area (Å²) in [6.07, 6.45) is 2.55. The van der Waals surface area contributed by atoms with E-state index in [0.29, 0.717) is 18.7 Å². The van der Waals surface area contributed by atoms with Gasteiger partial charge < -0.3 is 24.6 Å². The summed E-state index contributed by atoms with van der Waals surface area (Å²) in [5.74, 6) is 2.43. The minimum Gasteiger partial charge on any atom is -0.493 e. The minimum absolute atomic E-state index is 0. The number of hydrogen-bond donors (Lipinski definition) is 1. The van der Waals surface area contributed by atoms with Crippen LogP contribution in [0.4, 0.5) is 0 Å². The number of aliphatic imine (C=N–C) groups is 1. The summed E-state index contributed by atoms with van der Waals surface area (Å²) in [6.45, 7) is 11.8. The van der Waals surface area contributed by atoms with Gasteiger partial charge in [0.1, 0.15) is 0 Å². The number of rotatable bonds is 7. The molecule has 0 unspecified atom stereocenters. The molecule has 8 heteroatoms. The van der Waals surface area contributed by atoms with Crippen molar-refractivity contribution in [3.05, 3.63) is 35.9 Å². The molecule has 162 valence electrons. The molecule has 1 aromatic rings. The Bertz CT molecular complexity index is 716. The Balaban J connectivity index is 0.00000420. The van der Waals surface area contributed by atoms with Crippen molar-refractivity contribution >= 4 is 35.8 Å². The summed E-state index contributed by atoms with van der Waals surface area (Å²) in [5, 5.41) is 3.36. The van der Waals surface area contributed by atoms with Gasteiger partial charge in [-0.15, -0.1) is 30.6 Å². The molecule has 0 saturated carbocycles. The van der Waals surface area contributed by atoms with Gasteiger partial charge >= 0.3 is 0 Å². The summed E-state index contributed by atoms with van der Waals surface area (Å²) in [7, 11) is 3.29. The molecule has 7 nitrogen and oxygen atoms in total. The third kappa shape index (κ3) is 6.80. The molecule has 1 fully saturated rings. The molecule has 0 aromatic heterocycles. The fourth-order valence-electron chi connectivity index (χ4n) is 3.33. The highest BCUT2D eigenvalue weighted by Gasteiger charge is 2.21. The molecule has 1 N–H and O–H groups in total. The van der Waals surface area contributed by atoms with Crippen molar-refractivity contribution in [1.82, 2.24) is 15.1 Å². The first kappa shape index (κ1) is 25.1. The Morgan fingerprint density at radius 2 is 1.86 bits per heavy atom. The molecule has 0 spiro atoms. The van der Waals surface area contributed by atoms with Crippen LogP contribution in [0.25, 0.3) is 0 Å². The van der Waals surface area contributed by atoms with Gasteiger partial charge in [0, 0.05) is 45.2 Å². The van der Waals surface area contributed by atoms with Gasteiger partial charge in [0.25, 0.3) is 0 Å². The van der Waals surface area contributed by atoms with Gasteiger partial charge in [0.2, 0.25) is 5.91 Å². The van der Waals surface area contributed by atoms with Crippen molar-refractivity contribution in [1.29, 1.82) is 0 Å². The van der Waals surface area contributed by atoms with Crippen molar-refractivity contribution in [2.45, 2.75) is 26.8 Å². The van der Waals surface area contributed by atoms with E-state index in [1.807, 2.05) is 17.0 Å². The number of benzene rings is 1. The van der Waals surface area contributed by atoms with Crippen LogP contribution in [0.3, 0.4) is 0 Å². The Morgan fingerprint density at radius 3 is 2.38 bits per heavy atom. The number of nitrogens with one attached hydrogen (secondary N) is 1. The number of ether oxygens (including phenoxy) is 2. The Kier molecular flexibility index (Phi) is 10.9. The van der Waals surface area contributed by atoms with Crippen molar-refractivity contribution < 1.29 is 14.3 Å². The van der Waals surface area contributed by atoms with E-state index in [2.05, 4.69) is 29.8 Å². The number of guanidine groups is 1. The molecule has 0 aliphatic carbocycles. The van der Waals surface area contributed by atoms with Gasteiger partial charge in [0.15, 0.2) is 17.5 Å². The summed E-state index contributed by atoms with van der Waals surface area (Å²) in [5.41, 5.74) is 2.08. The van der Waals surface area contributed by atoms with E-state index in [-0.39, 0.29) is 29.9 Å². The molecule has 1 amide bonds. The van der Waals surface area contributed by atoms with Gasteiger partial charge in [-0.25, -0.2) is 4.99 Å². The average Bonchev–Trinajstić information content (AvgIpc) is 2.71. The molecule has 29 heavy (non-hydrogen) atoms. The first-order valence-electron chi connectivity index (χ1n) is 9.67. The lowest BCUT2D eigenvalue weighted by molar-refractivity contribution is -0.130. The maximum atomic E-state index is 11.5. The summed E-state index contributed by atoms with van der Waals surface area (Å²) in [6, 6.07) is 4.05. The van der Waals surface area contributed by atoms with E-state index in [1.54, 1.807) is 21.1 Å². The number of carbonyl (C=O) groups is 1. The fraction of sp³-hybridized carbons (Fsp3) is 0.524. The zero-order valence-corrected chi connectivity index (χ0v) is 20.2. The number of carbonyl (C=O) groups excluding carboxylic acids is 1. The van der Waals surface area contributed by atoms with E-state index in [9.17, 15) is 4.79 Å². The first-order valence-corrected chi connectivity index (χ1v) is 9.67. The minimum atomic E-state index is 0. The number of allylic oxidation sites excluding steroid dienone is 1. The van der Waals surface area contributed by atoms with Gasteiger partial charge in [0.05, 0.1) is 20.8 Å². The normalized spacial score (nSPS) is 14.1. The van der Waals surface area contributed by atoms with Crippen LogP contribution in [0.2, 0.25) is 0 Å². The van der Waals surface area contributed by atoms with Crippen LogP contribution in [-0.4, -0.2) is 68.6 Å². The fourth-order valence-corrected chi connectivity index (χ4v) is 3.33. The molecule has 1 aliphatic rings. The molecular formula is C21H33IN4O3. The molecule has 1 aliphatic heterocycles. The Labute approximate surface area is 191 Å². The average molecular weight is 516 g/mol. The number of methoxy groups -OCH3 is 2. The number of piperazine rings is 1. The monoisotopic (exact) mass is 516 g/mol. The maximum Gasteiger partial charge on any atom is 0.219 e. The second kappa shape index (κ2) is 12.6. The zero-order chi connectivity index (χ0) is 20.5. The van der Waals surface area contributed by atoms with E-state index >= 15 is 0 Å². The van der Waals surface area contributed by atoms with E-state index < -0.39 is 0 Å². The zero-order valence-electron chi connectivity index (χ0n) is 17.9. The van der Waals surface area contributed by atoms with Gasteiger partial charge in [-0.2, -0.15) is 0 Å². The van der Waals surface area contributed by atoms with Gasteiger partial charge in [-0.3, -0.25) is 4.79 Å². The first-order chi connectivity index (χ1) is 13.5. The lowest BCUT2D eigenvalue weighted by atomic mass is 10.1. The van der Waals surface area contributed by atoms with Crippen LogP contribution in [0, 0.1) is 0 Å². The van der Waals surface area contributed by atoms with E-state index in [0.717, 1.165) is 55.6 Å². The molecular weight excluding hydrogens is 483 g/mol. The smallest absolute Gasteiger partial charge is 0.219 e. The molecule has 2 rings (SSSR count). The second-order valence-corrected chi connectivity index (χ2v) is 6.65. The number of nitrogens with zero attached hydrogens (tertiary/aromatic N) is 3. The van der Waals surface area contributed by atoms with E-state index in [4.69, 9.17) is 14.5 Å². The standard InChI is InChI=1S/C21H32N4O3.HI/c1-6-8-18-13-17(14-19(27-4)20(18)28-5)15-23-21(22-7-2)25-11-9-24(10-12-25)16(3)26;/h6,13-14H,1,7-12,15H2,2-5H3,(H,22,23);1H. The lowest BCUT2D eigenvalue weighted by Gasteiger charge is -2.36. The van der Waals surface area contributed by atoms with Crippen LogP contribution in [0.15, 0.2) is 29.8 Å². The summed E-state index contributed by atoms with van der Waals surface area (Å²) >= 11 is 0. The topological polar surface area (TPSA) is 66.4 Å². The maximum absolute atomic E-state index is 11.5. The predicted octanol–water partition coefficient (Wildman–Crippen LogP) is 2.68. The van der Waals surface area contributed by atoms with Crippen LogP contribution < -0.4 is 14.8 Å². The highest BCUT2D eigenvalue weighted by Crippen LogP contribution is 2.33. The van der Waals surface area contributed by atoms with Crippen LogP contribution >= 0.6 is 24.0 Å². The summed E-state index contributed by atoms with van der Waals surface area (Å²) in [4.78, 5) is 20.4. The summed E-state index contributed by atoms with van der Waals surface area (Å²) < 4.78 is 11.0. The predicted molar refractivity (Wildman–Crippen MR) is 128 cm³/mol. The SMILES string of the molecule is C=CCc1cc(CN=C(NCC)N2CCN(C(C)=O)CC2)cc(OC)c1OC.I. The third-order valence-corrected chi connectivity index (χ3v) is 4.75.